The van der Waals surface area contributed by atoms with Crippen LogP contribution in [-0.2, 0) is 6.42 Å². The lowest BCUT2D eigenvalue weighted by Crippen LogP contribution is -2.51. The van der Waals surface area contributed by atoms with Crippen molar-refractivity contribution < 1.29 is 20.4 Å². The molecule has 2 saturated carbocycles. The minimum absolute atomic E-state index is 0.198. The Kier molecular flexibility index (Phi) is 6.31. The molecule has 0 spiro atoms. The SMILES string of the molecule is CC(C)c1ccc(Cc2cc([C@@H]3C[C@H](CO)[C@@H](O)[C@H](O)[C@H]3O)ccc2C2CC2)cc1. The van der Waals surface area contributed by atoms with Crippen molar-refractivity contribution >= 4 is 0 Å². The smallest absolute Gasteiger partial charge is 0.107 e. The van der Waals surface area contributed by atoms with Crippen molar-refractivity contribution in [3.05, 3.63) is 70.3 Å². The maximum absolute atomic E-state index is 10.6. The lowest BCUT2D eigenvalue weighted by atomic mass is 9.72. The molecule has 0 amide bonds. The van der Waals surface area contributed by atoms with Crippen LogP contribution in [0.5, 0.6) is 0 Å². The summed E-state index contributed by atoms with van der Waals surface area (Å²) >= 11 is 0. The van der Waals surface area contributed by atoms with Gasteiger partial charge in [-0.3, -0.25) is 0 Å². The van der Waals surface area contributed by atoms with Crippen LogP contribution in [0.25, 0.3) is 0 Å². The first kappa shape index (κ1) is 21.5. The van der Waals surface area contributed by atoms with E-state index in [4.69, 9.17) is 0 Å². The summed E-state index contributed by atoms with van der Waals surface area (Å²) in [5.74, 6) is 0.413. The van der Waals surface area contributed by atoms with Crippen LogP contribution >= 0.6 is 0 Å². The van der Waals surface area contributed by atoms with Gasteiger partial charge in [0.15, 0.2) is 0 Å². The summed E-state index contributed by atoms with van der Waals surface area (Å²) in [5, 5.41) is 40.7. The van der Waals surface area contributed by atoms with E-state index < -0.39 is 24.2 Å². The van der Waals surface area contributed by atoms with Gasteiger partial charge in [0.05, 0.1) is 12.2 Å². The van der Waals surface area contributed by atoms with E-state index in [9.17, 15) is 20.4 Å². The molecule has 0 radical (unpaired) electrons. The number of hydrogen-bond acceptors (Lipinski definition) is 4. The molecular weight excluding hydrogens is 376 g/mol. The molecule has 0 aliphatic heterocycles. The summed E-state index contributed by atoms with van der Waals surface area (Å²) in [6.45, 7) is 4.20. The summed E-state index contributed by atoms with van der Waals surface area (Å²) in [6, 6.07) is 15.2. The van der Waals surface area contributed by atoms with Crippen LogP contribution in [0.15, 0.2) is 42.5 Å². The highest BCUT2D eigenvalue weighted by molar-refractivity contribution is 5.42. The van der Waals surface area contributed by atoms with E-state index in [1.54, 1.807) is 0 Å². The Hall–Kier alpha value is -1.72. The van der Waals surface area contributed by atoms with Crippen molar-refractivity contribution in [1.82, 2.24) is 0 Å². The average Bonchev–Trinajstić information content (AvgIpc) is 3.58. The Morgan fingerprint density at radius 2 is 1.60 bits per heavy atom. The van der Waals surface area contributed by atoms with E-state index in [2.05, 4.69) is 56.3 Å². The number of rotatable bonds is 6. The third-order valence-corrected chi connectivity index (χ3v) is 7.04. The molecule has 4 nitrogen and oxygen atoms in total. The Morgan fingerprint density at radius 1 is 0.900 bits per heavy atom. The van der Waals surface area contributed by atoms with Gasteiger partial charge in [-0.15, -0.1) is 0 Å². The van der Waals surface area contributed by atoms with E-state index in [0.29, 0.717) is 18.3 Å². The fourth-order valence-electron chi connectivity index (χ4n) is 4.88. The predicted octanol–water partition coefficient (Wildman–Crippen LogP) is 3.46. The zero-order chi connectivity index (χ0) is 21.4. The number of hydrogen-bond donors (Lipinski definition) is 4. The molecular formula is C26H34O4. The van der Waals surface area contributed by atoms with Crippen LogP contribution < -0.4 is 0 Å². The van der Waals surface area contributed by atoms with Gasteiger partial charge < -0.3 is 20.4 Å². The molecule has 2 fully saturated rings. The molecule has 4 N–H and O–H groups in total. The molecule has 0 heterocycles. The molecule has 162 valence electrons. The molecule has 0 bridgehead atoms. The first-order valence-electron chi connectivity index (χ1n) is 11.3. The van der Waals surface area contributed by atoms with Crippen molar-refractivity contribution in [3.63, 3.8) is 0 Å². The lowest BCUT2D eigenvalue weighted by Gasteiger charge is -2.40. The Balaban J connectivity index is 1.63. The summed E-state index contributed by atoms with van der Waals surface area (Å²) in [6.07, 6.45) is 0.385. The van der Waals surface area contributed by atoms with E-state index in [-0.39, 0.29) is 12.5 Å². The van der Waals surface area contributed by atoms with Crippen LogP contribution in [-0.4, -0.2) is 45.3 Å². The highest BCUT2D eigenvalue weighted by atomic mass is 16.4. The average molecular weight is 411 g/mol. The fraction of sp³-hybridized carbons (Fsp3) is 0.538. The van der Waals surface area contributed by atoms with Gasteiger partial charge in [-0.2, -0.15) is 0 Å². The van der Waals surface area contributed by atoms with Gasteiger partial charge in [0.2, 0.25) is 0 Å². The van der Waals surface area contributed by atoms with Crippen molar-refractivity contribution in [3.8, 4) is 0 Å². The molecule has 2 aliphatic carbocycles. The Labute approximate surface area is 179 Å². The highest BCUT2D eigenvalue weighted by Crippen LogP contribution is 2.44. The molecule has 0 saturated heterocycles. The molecule has 2 aromatic carbocycles. The molecule has 2 aliphatic rings. The van der Waals surface area contributed by atoms with Crippen LogP contribution in [0.1, 0.15) is 78.7 Å². The summed E-state index contributed by atoms with van der Waals surface area (Å²) < 4.78 is 0. The van der Waals surface area contributed by atoms with E-state index in [1.165, 1.54) is 35.1 Å². The van der Waals surface area contributed by atoms with Gasteiger partial charge in [-0.1, -0.05) is 56.3 Å². The molecule has 0 unspecified atom stereocenters. The van der Waals surface area contributed by atoms with E-state index >= 15 is 0 Å². The number of benzene rings is 2. The zero-order valence-corrected chi connectivity index (χ0v) is 17.9. The largest absolute Gasteiger partial charge is 0.396 e. The van der Waals surface area contributed by atoms with Crippen molar-refractivity contribution in [2.24, 2.45) is 5.92 Å². The quantitative estimate of drug-likeness (QED) is 0.588. The second-order valence-electron chi connectivity index (χ2n) is 9.56. The zero-order valence-electron chi connectivity index (χ0n) is 17.9. The third-order valence-electron chi connectivity index (χ3n) is 7.04. The second-order valence-corrected chi connectivity index (χ2v) is 9.56. The van der Waals surface area contributed by atoms with Gasteiger partial charge in [0, 0.05) is 18.4 Å². The molecule has 4 rings (SSSR count). The Bertz CT molecular complexity index is 854. The molecule has 4 heteroatoms. The number of aliphatic hydroxyl groups excluding tert-OH is 4. The number of aliphatic hydroxyl groups is 4. The predicted molar refractivity (Wildman–Crippen MR) is 118 cm³/mol. The van der Waals surface area contributed by atoms with Gasteiger partial charge in [-0.25, -0.2) is 0 Å². The van der Waals surface area contributed by atoms with Gasteiger partial charge in [0.25, 0.3) is 0 Å². The molecule has 2 aromatic rings. The van der Waals surface area contributed by atoms with Gasteiger partial charge >= 0.3 is 0 Å². The third kappa shape index (κ3) is 4.33. The van der Waals surface area contributed by atoms with E-state index in [0.717, 1.165) is 12.0 Å². The topological polar surface area (TPSA) is 80.9 Å². The minimum Gasteiger partial charge on any atom is -0.396 e. The minimum atomic E-state index is -1.24. The van der Waals surface area contributed by atoms with Crippen molar-refractivity contribution in [1.29, 1.82) is 0 Å². The van der Waals surface area contributed by atoms with Crippen molar-refractivity contribution in [2.75, 3.05) is 6.61 Å². The van der Waals surface area contributed by atoms with Crippen LogP contribution in [0.4, 0.5) is 0 Å². The second kappa shape index (κ2) is 8.80. The Morgan fingerprint density at radius 3 is 2.20 bits per heavy atom. The highest BCUT2D eigenvalue weighted by Gasteiger charge is 2.43. The maximum Gasteiger partial charge on any atom is 0.107 e. The first-order chi connectivity index (χ1) is 14.4. The van der Waals surface area contributed by atoms with Crippen LogP contribution in [0.3, 0.4) is 0 Å². The maximum atomic E-state index is 10.6. The lowest BCUT2D eigenvalue weighted by molar-refractivity contribution is -0.127. The molecule has 0 aromatic heterocycles. The first-order valence-corrected chi connectivity index (χ1v) is 11.3. The van der Waals surface area contributed by atoms with E-state index in [1.807, 2.05) is 0 Å². The summed E-state index contributed by atoms with van der Waals surface area (Å²) in [4.78, 5) is 0. The van der Waals surface area contributed by atoms with Crippen LogP contribution in [0, 0.1) is 5.92 Å². The van der Waals surface area contributed by atoms with Crippen LogP contribution in [0.2, 0.25) is 0 Å². The van der Waals surface area contributed by atoms with Gasteiger partial charge in [-0.05, 0) is 65.3 Å². The standard InChI is InChI=1S/C26H34O4/c1-15(2)17-5-3-16(4-6-17)11-20-12-19(9-10-22(20)18-7-8-18)23-13-21(14-27)24(28)26(30)25(23)29/h3-6,9-10,12,15,18,21,23-30H,7-8,11,13-14H2,1-2H3/t21-,23+,24-,25+,26+/m1/s1. The monoisotopic (exact) mass is 410 g/mol. The van der Waals surface area contributed by atoms with Gasteiger partial charge in [0.1, 0.15) is 6.10 Å². The molecule has 30 heavy (non-hydrogen) atoms. The summed E-state index contributed by atoms with van der Waals surface area (Å²) in [5.41, 5.74) is 6.25. The summed E-state index contributed by atoms with van der Waals surface area (Å²) in [7, 11) is 0. The fourth-order valence-corrected chi connectivity index (χ4v) is 4.88. The molecule has 5 atom stereocenters. The normalized spacial score (nSPS) is 29.4. The van der Waals surface area contributed by atoms with Crippen molar-refractivity contribution in [2.45, 2.75) is 75.6 Å².